The summed E-state index contributed by atoms with van der Waals surface area (Å²) in [6, 6.07) is 5.43. The molecule has 0 aliphatic rings. The number of hydrogen-bond donors (Lipinski definition) is 2. The van der Waals surface area contributed by atoms with Gasteiger partial charge in [0.2, 0.25) is 0 Å². The maximum absolute atomic E-state index is 11.7. The van der Waals surface area contributed by atoms with Crippen LogP contribution in [-0.2, 0) is 9.84 Å². The SMILES string of the molecule is CC(C)=N[C@H](CO)[C@H](O)c1ccccc1S(C)(=O)=O. The fourth-order valence-corrected chi connectivity index (χ4v) is 2.76. The molecule has 0 amide bonds. The molecule has 106 valence electrons. The zero-order chi connectivity index (χ0) is 14.6. The molecule has 0 aromatic heterocycles. The van der Waals surface area contributed by atoms with E-state index in [0.717, 1.165) is 6.26 Å². The molecule has 1 aromatic rings. The van der Waals surface area contributed by atoms with Gasteiger partial charge in [0.25, 0.3) is 0 Å². The van der Waals surface area contributed by atoms with E-state index in [2.05, 4.69) is 4.99 Å². The largest absolute Gasteiger partial charge is 0.394 e. The van der Waals surface area contributed by atoms with Gasteiger partial charge in [-0.05, 0) is 19.9 Å². The van der Waals surface area contributed by atoms with E-state index in [9.17, 15) is 18.6 Å². The predicted octanol–water partition coefficient (Wildman–Crippen LogP) is 0.965. The Morgan fingerprint density at radius 1 is 1.32 bits per heavy atom. The van der Waals surface area contributed by atoms with E-state index < -0.39 is 22.0 Å². The molecule has 0 fully saturated rings. The average Bonchev–Trinajstić information content (AvgIpc) is 2.34. The lowest BCUT2D eigenvalue weighted by molar-refractivity contribution is 0.108. The molecule has 2 atom stereocenters. The Morgan fingerprint density at radius 2 is 1.89 bits per heavy atom. The second-order valence-corrected chi connectivity index (χ2v) is 6.57. The maximum Gasteiger partial charge on any atom is 0.175 e. The lowest BCUT2D eigenvalue weighted by atomic mass is 10.0. The molecule has 0 heterocycles. The van der Waals surface area contributed by atoms with Gasteiger partial charge in [-0.2, -0.15) is 0 Å². The Labute approximate surface area is 113 Å². The number of hydrogen-bond acceptors (Lipinski definition) is 5. The summed E-state index contributed by atoms with van der Waals surface area (Å²) in [7, 11) is -3.44. The summed E-state index contributed by atoms with van der Waals surface area (Å²) in [5.74, 6) is 0. The lowest BCUT2D eigenvalue weighted by Crippen LogP contribution is -2.23. The molecule has 0 saturated heterocycles. The van der Waals surface area contributed by atoms with Crippen LogP contribution in [0.2, 0.25) is 0 Å². The molecular weight excluding hydrogens is 266 g/mol. The molecule has 0 spiro atoms. The topological polar surface area (TPSA) is 87.0 Å². The predicted molar refractivity (Wildman–Crippen MR) is 74.2 cm³/mol. The number of aliphatic hydroxyl groups excluding tert-OH is 2. The van der Waals surface area contributed by atoms with Gasteiger partial charge in [0.15, 0.2) is 9.84 Å². The summed E-state index contributed by atoms with van der Waals surface area (Å²) in [6.45, 7) is 3.14. The fourth-order valence-electron chi connectivity index (χ4n) is 1.81. The van der Waals surface area contributed by atoms with Crippen molar-refractivity contribution in [1.29, 1.82) is 0 Å². The summed E-state index contributed by atoms with van der Waals surface area (Å²) in [6.07, 6.45) is -0.0771. The third kappa shape index (κ3) is 4.12. The smallest absolute Gasteiger partial charge is 0.175 e. The third-order valence-corrected chi connectivity index (χ3v) is 3.78. The summed E-state index contributed by atoms with van der Waals surface area (Å²) in [5, 5.41) is 19.5. The van der Waals surface area contributed by atoms with Crippen LogP contribution in [0.1, 0.15) is 25.5 Å². The van der Waals surface area contributed by atoms with Gasteiger partial charge >= 0.3 is 0 Å². The van der Waals surface area contributed by atoms with Crippen molar-refractivity contribution in [2.24, 2.45) is 4.99 Å². The summed E-state index contributed by atoms with van der Waals surface area (Å²) < 4.78 is 23.4. The molecule has 0 bridgehead atoms. The molecule has 0 aliphatic carbocycles. The first kappa shape index (κ1) is 15.8. The Hall–Kier alpha value is -1.24. The monoisotopic (exact) mass is 285 g/mol. The van der Waals surface area contributed by atoms with Crippen molar-refractivity contribution in [2.45, 2.75) is 30.9 Å². The molecule has 19 heavy (non-hydrogen) atoms. The highest BCUT2D eigenvalue weighted by molar-refractivity contribution is 7.90. The average molecular weight is 285 g/mol. The van der Waals surface area contributed by atoms with Crippen LogP contribution in [0.4, 0.5) is 0 Å². The highest BCUT2D eigenvalue weighted by Crippen LogP contribution is 2.26. The van der Waals surface area contributed by atoms with Crippen molar-refractivity contribution in [3.05, 3.63) is 29.8 Å². The van der Waals surface area contributed by atoms with Crippen molar-refractivity contribution in [3.63, 3.8) is 0 Å². The van der Waals surface area contributed by atoms with Crippen molar-refractivity contribution < 1.29 is 18.6 Å². The van der Waals surface area contributed by atoms with E-state index >= 15 is 0 Å². The number of aliphatic imine (C=N–C) groups is 1. The van der Waals surface area contributed by atoms with Crippen LogP contribution in [0.5, 0.6) is 0 Å². The third-order valence-electron chi connectivity index (χ3n) is 2.61. The Morgan fingerprint density at radius 3 is 2.37 bits per heavy atom. The van der Waals surface area contributed by atoms with E-state index in [1.54, 1.807) is 26.0 Å². The van der Waals surface area contributed by atoms with E-state index in [-0.39, 0.29) is 17.1 Å². The van der Waals surface area contributed by atoms with Crippen LogP contribution in [-0.4, -0.2) is 43.2 Å². The number of nitrogens with zero attached hydrogens (tertiary/aromatic N) is 1. The normalized spacial score (nSPS) is 14.8. The molecule has 0 unspecified atom stereocenters. The van der Waals surface area contributed by atoms with Gasteiger partial charge < -0.3 is 10.2 Å². The highest BCUT2D eigenvalue weighted by atomic mass is 32.2. The van der Waals surface area contributed by atoms with Crippen LogP contribution in [0.3, 0.4) is 0 Å². The molecule has 0 saturated carbocycles. The van der Waals surface area contributed by atoms with Gasteiger partial charge in [-0.1, -0.05) is 18.2 Å². The number of sulfone groups is 1. The lowest BCUT2D eigenvalue weighted by Gasteiger charge is -2.20. The van der Waals surface area contributed by atoms with Crippen molar-refractivity contribution >= 4 is 15.5 Å². The minimum atomic E-state index is -3.44. The van der Waals surface area contributed by atoms with Gasteiger partial charge in [-0.3, -0.25) is 4.99 Å². The molecule has 6 heteroatoms. The first-order chi connectivity index (χ1) is 8.77. The first-order valence-electron chi connectivity index (χ1n) is 5.86. The van der Waals surface area contributed by atoms with Crippen molar-refractivity contribution in [1.82, 2.24) is 0 Å². The van der Waals surface area contributed by atoms with Gasteiger partial charge in [0.05, 0.1) is 11.5 Å². The number of aliphatic hydroxyl groups is 2. The minimum absolute atomic E-state index is 0.0601. The van der Waals surface area contributed by atoms with E-state index in [0.29, 0.717) is 5.71 Å². The maximum atomic E-state index is 11.7. The second-order valence-electron chi connectivity index (χ2n) is 4.58. The molecule has 2 N–H and O–H groups in total. The zero-order valence-electron chi connectivity index (χ0n) is 11.2. The molecule has 0 radical (unpaired) electrons. The molecular formula is C13H19NO4S. The van der Waals surface area contributed by atoms with Crippen LogP contribution >= 0.6 is 0 Å². The van der Waals surface area contributed by atoms with E-state index in [1.807, 2.05) is 0 Å². The van der Waals surface area contributed by atoms with Crippen LogP contribution < -0.4 is 0 Å². The highest BCUT2D eigenvalue weighted by Gasteiger charge is 2.25. The first-order valence-corrected chi connectivity index (χ1v) is 7.75. The van der Waals surface area contributed by atoms with Gasteiger partial charge in [0, 0.05) is 17.5 Å². The zero-order valence-corrected chi connectivity index (χ0v) is 12.1. The Kier molecular flexibility index (Phi) is 5.22. The van der Waals surface area contributed by atoms with Crippen LogP contribution in [0.15, 0.2) is 34.2 Å². The Bertz CT molecular complexity index is 562. The van der Waals surface area contributed by atoms with Crippen molar-refractivity contribution in [3.8, 4) is 0 Å². The summed E-state index contributed by atoms with van der Waals surface area (Å²) in [4.78, 5) is 4.18. The second kappa shape index (κ2) is 6.27. The minimum Gasteiger partial charge on any atom is -0.394 e. The van der Waals surface area contributed by atoms with Gasteiger partial charge in [-0.25, -0.2) is 8.42 Å². The fraction of sp³-hybridized carbons (Fsp3) is 0.462. The van der Waals surface area contributed by atoms with E-state index in [1.165, 1.54) is 12.1 Å². The molecule has 1 aromatic carbocycles. The summed E-state index contributed by atoms with van der Waals surface area (Å²) >= 11 is 0. The molecule has 5 nitrogen and oxygen atoms in total. The quantitative estimate of drug-likeness (QED) is 0.789. The Balaban J connectivity index is 3.26. The van der Waals surface area contributed by atoms with Gasteiger partial charge in [-0.15, -0.1) is 0 Å². The molecule has 0 aliphatic heterocycles. The van der Waals surface area contributed by atoms with Crippen molar-refractivity contribution in [2.75, 3.05) is 12.9 Å². The van der Waals surface area contributed by atoms with E-state index in [4.69, 9.17) is 0 Å². The summed E-state index contributed by atoms with van der Waals surface area (Å²) in [5.41, 5.74) is 0.962. The number of rotatable bonds is 5. The van der Waals surface area contributed by atoms with Gasteiger partial charge in [0.1, 0.15) is 12.1 Å². The molecule has 1 rings (SSSR count). The van der Waals surface area contributed by atoms with Crippen LogP contribution in [0.25, 0.3) is 0 Å². The van der Waals surface area contributed by atoms with Crippen LogP contribution in [0, 0.1) is 0 Å². The number of benzene rings is 1. The standard InChI is InChI=1S/C13H19NO4S/c1-9(2)14-11(8-15)13(16)10-6-4-5-7-12(10)19(3,17)18/h4-7,11,13,15-16H,8H2,1-3H3/t11-,13-/m1/s1.